The molecule has 4 aromatic rings. The molecule has 0 radical (unpaired) electrons. The number of nitrogens with one attached hydrogen (secondary N) is 2. The van der Waals surface area contributed by atoms with Crippen molar-refractivity contribution in [2.24, 2.45) is 0 Å². The van der Waals surface area contributed by atoms with E-state index >= 15 is 0 Å². The zero-order valence-electron chi connectivity index (χ0n) is 23.3. The van der Waals surface area contributed by atoms with Gasteiger partial charge >= 0.3 is 6.16 Å². The molecule has 5 rings (SSSR count). The fraction of sp³-hybridized carbons (Fsp3) is 0.219. The molecule has 0 saturated carbocycles. The van der Waals surface area contributed by atoms with Crippen molar-refractivity contribution in [3.8, 4) is 0 Å². The van der Waals surface area contributed by atoms with Crippen LogP contribution in [-0.4, -0.2) is 47.4 Å². The van der Waals surface area contributed by atoms with Gasteiger partial charge in [-0.05, 0) is 73.2 Å². The number of aromatic amines is 1. The van der Waals surface area contributed by atoms with Crippen LogP contribution in [0, 0.1) is 11.6 Å². The Labute approximate surface area is 240 Å². The number of carbonyl (C=O) groups is 3. The number of hydrogen-bond acceptors (Lipinski definition) is 6. The molecule has 0 aliphatic carbocycles. The van der Waals surface area contributed by atoms with Gasteiger partial charge in [0.05, 0.1) is 25.0 Å². The summed E-state index contributed by atoms with van der Waals surface area (Å²) in [5, 5.41) is 3.94. The number of nitrogens with zero attached hydrogens (tertiary/aromatic N) is 1. The van der Waals surface area contributed by atoms with Crippen molar-refractivity contribution in [3.63, 3.8) is 0 Å². The zero-order valence-corrected chi connectivity index (χ0v) is 23.3. The highest BCUT2D eigenvalue weighted by Crippen LogP contribution is 2.41. The topological polar surface area (TPSA) is 101 Å². The number of rotatable bonds is 7. The standard InChI is InChI=1S/C32H29F2N3O5/c1-4-41-31(40)42-27-17-37(30(39)20-7-11-22(34)12-8-20)18-32(2,3)28-24-14-13-23(15-25(24)36-29(27)28)35-16-26(38)19-5-9-21(33)10-6-19/h5-15,17,35-36H,4,16,18H2,1-3H3. The molecule has 0 bridgehead atoms. The molecule has 1 aliphatic rings. The molecule has 10 heteroatoms. The van der Waals surface area contributed by atoms with Crippen molar-refractivity contribution in [1.82, 2.24) is 9.88 Å². The number of H-pyrrole nitrogens is 1. The summed E-state index contributed by atoms with van der Waals surface area (Å²) in [5.74, 6) is -1.37. The molecule has 1 aromatic heterocycles. The van der Waals surface area contributed by atoms with Crippen LogP contribution in [-0.2, 0) is 14.9 Å². The monoisotopic (exact) mass is 573 g/mol. The van der Waals surface area contributed by atoms with E-state index in [-0.39, 0.29) is 42.7 Å². The van der Waals surface area contributed by atoms with Crippen LogP contribution in [0.1, 0.15) is 52.7 Å². The smallest absolute Gasteiger partial charge is 0.434 e. The Balaban J connectivity index is 1.50. The van der Waals surface area contributed by atoms with E-state index in [0.717, 1.165) is 10.9 Å². The Bertz CT molecular complexity index is 1690. The Hall–Kier alpha value is -4.99. The molecule has 0 saturated heterocycles. The van der Waals surface area contributed by atoms with Gasteiger partial charge in [-0.3, -0.25) is 9.59 Å². The number of Topliss-reactive ketones (excluding diaryl/α,β-unsaturated/α-hetero) is 1. The number of anilines is 1. The molecule has 0 spiro atoms. The molecule has 2 heterocycles. The largest absolute Gasteiger partial charge is 0.513 e. The highest BCUT2D eigenvalue weighted by atomic mass is 19.1. The van der Waals surface area contributed by atoms with E-state index in [0.29, 0.717) is 22.5 Å². The number of hydrogen-bond donors (Lipinski definition) is 2. The van der Waals surface area contributed by atoms with Gasteiger partial charge in [-0.15, -0.1) is 0 Å². The van der Waals surface area contributed by atoms with Crippen molar-refractivity contribution in [2.45, 2.75) is 26.2 Å². The lowest BCUT2D eigenvalue weighted by molar-refractivity contribution is 0.0787. The van der Waals surface area contributed by atoms with Crippen LogP contribution in [0.15, 0.2) is 72.9 Å². The number of aromatic nitrogens is 1. The van der Waals surface area contributed by atoms with E-state index in [2.05, 4.69) is 10.3 Å². The number of fused-ring (bicyclic) bond motifs is 3. The third kappa shape index (κ3) is 5.88. The molecular weight excluding hydrogens is 544 g/mol. The third-order valence-electron chi connectivity index (χ3n) is 6.99. The van der Waals surface area contributed by atoms with Crippen molar-refractivity contribution in [2.75, 3.05) is 25.0 Å². The second kappa shape index (κ2) is 11.5. The number of amides is 1. The van der Waals surface area contributed by atoms with Crippen LogP contribution < -0.4 is 5.32 Å². The number of ether oxygens (including phenoxy) is 2. The van der Waals surface area contributed by atoms with Crippen LogP contribution in [0.4, 0.5) is 19.3 Å². The molecule has 0 atom stereocenters. The van der Waals surface area contributed by atoms with Gasteiger partial charge < -0.3 is 24.7 Å². The van der Waals surface area contributed by atoms with Crippen molar-refractivity contribution in [3.05, 3.63) is 107 Å². The summed E-state index contributed by atoms with van der Waals surface area (Å²) in [7, 11) is 0. The number of carbonyl (C=O) groups excluding carboxylic acids is 3. The number of ketones is 1. The second-order valence-corrected chi connectivity index (χ2v) is 10.5. The van der Waals surface area contributed by atoms with Crippen LogP contribution >= 0.6 is 0 Å². The first-order valence-corrected chi connectivity index (χ1v) is 13.4. The van der Waals surface area contributed by atoms with Crippen molar-refractivity contribution >= 4 is 40.2 Å². The third-order valence-corrected chi connectivity index (χ3v) is 6.99. The molecule has 2 N–H and O–H groups in total. The van der Waals surface area contributed by atoms with Gasteiger partial charge in [0, 0.05) is 39.7 Å². The summed E-state index contributed by atoms with van der Waals surface area (Å²) >= 11 is 0. The SMILES string of the molecule is CCOC(=O)OC1=CN(C(=O)c2ccc(F)cc2)CC(C)(C)c2c1[nH]c1cc(NCC(=O)c3ccc(F)cc3)ccc21. The highest BCUT2D eigenvalue weighted by Gasteiger charge is 2.37. The maximum absolute atomic E-state index is 13.5. The average Bonchev–Trinajstić information content (AvgIpc) is 3.31. The molecule has 8 nitrogen and oxygen atoms in total. The lowest BCUT2D eigenvalue weighted by Gasteiger charge is -2.29. The maximum Gasteiger partial charge on any atom is 0.513 e. The molecule has 0 unspecified atom stereocenters. The summed E-state index contributed by atoms with van der Waals surface area (Å²) in [5.41, 5.74) is 2.73. The van der Waals surface area contributed by atoms with Crippen LogP contribution in [0.3, 0.4) is 0 Å². The van der Waals surface area contributed by atoms with Gasteiger partial charge in [0.25, 0.3) is 5.91 Å². The van der Waals surface area contributed by atoms with Gasteiger partial charge in [-0.1, -0.05) is 19.9 Å². The van der Waals surface area contributed by atoms with E-state index in [1.54, 1.807) is 6.92 Å². The van der Waals surface area contributed by atoms with Gasteiger partial charge in [0.1, 0.15) is 11.6 Å². The summed E-state index contributed by atoms with van der Waals surface area (Å²) in [6, 6.07) is 16.1. The van der Waals surface area contributed by atoms with E-state index in [4.69, 9.17) is 9.47 Å². The lowest BCUT2D eigenvalue weighted by atomic mass is 9.82. The number of halogens is 2. The fourth-order valence-corrected chi connectivity index (χ4v) is 5.08. The molecule has 1 aliphatic heterocycles. The van der Waals surface area contributed by atoms with E-state index in [1.807, 2.05) is 32.0 Å². The first-order chi connectivity index (χ1) is 20.1. The average molecular weight is 574 g/mol. The molecule has 0 fully saturated rings. The lowest BCUT2D eigenvalue weighted by Crippen LogP contribution is -2.36. The van der Waals surface area contributed by atoms with Crippen LogP contribution in [0.5, 0.6) is 0 Å². The normalized spacial score (nSPS) is 14.0. The molecule has 216 valence electrons. The Kier molecular flexibility index (Phi) is 7.80. The first kappa shape index (κ1) is 28.5. The molecule has 42 heavy (non-hydrogen) atoms. The minimum atomic E-state index is -0.927. The van der Waals surface area contributed by atoms with Gasteiger partial charge in [0.2, 0.25) is 0 Å². The maximum atomic E-state index is 13.5. The molecule has 1 amide bonds. The predicted octanol–water partition coefficient (Wildman–Crippen LogP) is 6.65. The minimum absolute atomic E-state index is 0.000629. The molecule has 3 aromatic carbocycles. The van der Waals surface area contributed by atoms with Crippen LogP contribution in [0.25, 0.3) is 16.7 Å². The first-order valence-electron chi connectivity index (χ1n) is 13.4. The Morgan fingerprint density at radius 2 is 1.60 bits per heavy atom. The molecular formula is C32H29F2N3O5. The Morgan fingerprint density at radius 3 is 2.24 bits per heavy atom. The summed E-state index contributed by atoms with van der Waals surface area (Å²) in [6.07, 6.45) is 0.524. The van der Waals surface area contributed by atoms with Crippen LogP contribution in [0.2, 0.25) is 0 Å². The van der Waals surface area contributed by atoms with Crippen molar-refractivity contribution < 1.29 is 32.6 Å². The quantitative estimate of drug-likeness (QED) is 0.190. The number of benzene rings is 3. The van der Waals surface area contributed by atoms with E-state index in [1.165, 1.54) is 59.6 Å². The Morgan fingerprint density at radius 1 is 0.952 bits per heavy atom. The van der Waals surface area contributed by atoms with Gasteiger partial charge in [-0.2, -0.15) is 0 Å². The van der Waals surface area contributed by atoms with Crippen molar-refractivity contribution in [1.29, 1.82) is 0 Å². The highest BCUT2D eigenvalue weighted by molar-refractivity contribution is 6.00. The zero-order chi connectivity index (χ0) is 30.0. The van der Waals surface area contributed by atoms with Gasteiger partial charge in [0.15, 0.2) is 11.5 Å². The second-order valence-electron chi connectivity index (χ2n) is 10.5. The van der Waals surface area contributed by atoms with Gasteiger partial charge in [-0.25, -0.2) is 13.6 Å². The summed E-state index contributed by atoms with van der Waals surface area (Å²) in [4.78, 5) is 43.2. The predicted molar refractivity (Wildman–Crippen MR) is 154 cm³/mol. The van der Waals surface area contributed by atoms with E-state index < -0.39 is 23.2 Å². The van der Waals surface area contributed by atoms with E-state index in [9.17, 15) is 23.2 Å². The fourth-order valence-electron chi connectivity index (χ4n) is 5.08. The minimum Gasteiger partial charge on any atom is -0.434 e. The summed E-state index contributed by atoms with van der Waals surface area (Å²) < 4.78 is 37.3. The summed E-state index contributed by atoms with van der Waals surface area (Å²) in [6.45, 7) is 5.92.